The molecule has 1 aliphatic heterocycles. The molecule has 0 aliphatic carbocycles. The molecule has 1 N–H and O–H groups in total. The van der Waals surface area contributed by atoms with Crippen molar-refractivity contribution in [3.05, 3.63) is 52.3 Å². The summed E-state index contributed by atoms with van der Waals surface area (Å²) in [4.78, 5) is 2.50. The highest BCUT2D eigenvalue weighted by atomic mass is 16.5. The molecule has 23 heavy (non-hydrogen) atoms. The van der Waals surface area contributed by atoms with Gasteiger partial charge in [0, 0.05) is 37.5 Å². The maximum Gasteiger partial charge on any atom is 0.0703 e. The zero-order valence-corrected chi connectivity index (χ0v) is 14.4. The molecule has 1 fully saturated rings. The van der Waals surface area contributed by atoms with Gasteiger partial charge in [0.2, 0.25) is 0 Å². The molecule has 1 aromatic heterocycles. The monoisotopic (exact) mass is 313 g/mol. The van der Waals surface area contributed by atoms with Crippen molar-refractivity contribution in [1.29, 1.82) is 0 Å². The van der Waals surface area contributed by atoms with Crippen LogP contribution in [-0.2, 0) is 17.8 Å². The molecular weight excluding hydrogens is 286 g/mol. The number of ether oxygens (including phenoxy) is 1. The molecule has 0 saturated carbocycles. The number of rotatable bonds is 6. The summed E-state index contributed by atoms with van der Waals surface area (Å²) >= 11 is 0. The van der Waals surface area contributed by atoms with Crippen LogP contribution in [0.15, 0.2) is 24.3 Å². The predicted octanol–water partition coefficient (Wildman–Crippen LogP) is 3.52. The molecule has 0 spiro atoms. The van der Waals surface area contributed by atoms with Gasteiger partial charge in [-0.1, -0.05) is 29.8 Å². The molecule has 0 radical (unpaired) electrons. The standard InChI is InChI=1S/C19H27N3O/c1-14-6-4-7-17(10-14)11-22(12-18-8-5-9-23-18)13-19-15(2)20-21-16(19)3/h4,6-7,10,18H,5,8-9,11-13H2,1-3H3,(H,20,21). The van der Waals surface area contributed by atoms with Gasteiger partial charge in [0.25, 0.3) is 0 Å². The lowest BCUT2D eigenvalue weighted by Crippen LogP contribution is -2.31. The molecule has 0 bridgehead atoms. The van der Waals surface area contributed by atoms with E-state index in [2.05, 4.69) is 60.1 Å². The average Bonchev–Trinajstić information content (AvgIpc) is 3.12. The minimum absolute atomic E-state index is 0.368. The number of aromatic nitrogens is 2. The minimum Gasteiger partial charge on any atom is -0.377 e. The number of nitrogens with zero attached hydrogens (tertiary/aromatic N) is 2. The number of nitrogens with one attached hydrogen (secondary N) is 1. The van der Waals surface area contributed by atoms with E-state index in [4.69, 9.17) is 4.74 Å². The van der Waals surface area contributed by atoms with Gasteiger partial charge in [-0.3, -0.25) is 10.00 Å². The van der Waals surface area contributed by atoms with Crippen molar-refractivity contribution < 1.29 is 4.74 Å². The smallest absolute Gasteiger partial charge is 0.0703 e. The van der Waals surface area contributed by atoms with E-state index >= 15 is 0 Å². The summed E-state index contributed by atoms with van der Waals surface area (Å²) < 4.78 is 5.86. The highest BCUT2D eigenvalue weighted by Crippen LogP contribution is 2.19. The van der Waals surface area contributed by atoms with Crippen molar-refractivity contribution in [2.75, 3.05) is 13.2 Å². The first-order valence-corrected chi connectivity index (χ1v) is 8.52. The minimum atomic E-state index is 0.368. The van der Waals surface area contributed by atoms with E-state index in [0.717, 1.165) is 31.9 Å². The number of aromatic amines is 1. The van der Waals surface area contributed by atoms with Crippen LogP contribution in [0.3, 0.4) is 0 Å². The Morgan fingerprint density at radius 2 is 2.13 bits per heavy atom. The third-order valence-electron chi connectivity index (χ3n) is 4.64. The van der Waals surface area contributed by atoms with Gasteiger partial charge < -0.3 is 4.74 Å². The zero-order valence-electron chi connectivity index (χ0n) is 14.4. The van der Waals surface area contributed by atoms with Crippen molar-refractivity contribution in [3.8, 4) is 0 Å². The molecule has 1 aromatic carbocycles. The van der Waals surface area contributed by atoms with Crippen molar-refractivity contribution in [1.82, 2.24) is 15.1 Å². The van der Waals surface area contributed by atoms with Crippen molar-refractivity contribution >= 4 is 0 Å². The quantitative estimate of drug-likeness (QED) is 0.887. The normalized spacial score (nSPS) is 18.0. The lowest BCUT2D eigenvalue weighted by molar-refractivity contribution is 0.0678. The number of hydrogen-bond acceptors (Lipinski definition) is 3. The second-order valence-corrected chi connectivity index (χ2v) is 6.71. The second-order valence-electron chi connectivity index (χ2n) is 6.71. The Balaban J connectivity index is 1.75. The van der Waals surface area contributed by atoms with Crippen LogP contribution in [0.1, 0.15) is 40.9 Å². The van der Waals surface area contributed by atoms with Crippen LogP contribution in [0.2, 0.25) is 0 Å². The Morgan fingerprint density at radius 1 is 1.26 bits per heavy atom. The molecule has 4 heteroatoms. The Morgan fingerprint density at radius 3 is 2.78 bits per heavy atom. The van der Waals surface area contributed by atoms with Crippen molar-refractivity contribution in [2.24, 2.45) is 0 Å². The van der Waals surface area contributed by atoms with Crippen molar-refractivity contribution in [3.63, 3.8) is 0 Å². The van der Waals surface area contributed by atoms with E-state index < -0.39 is 0 Å². The maximum absolute atomic E-state index is 5.86. The summed E-state index contributed by atoms with van der Waals surface area (Å²) in [5, 5.41) is 7.44. The highest BCUT2D eigenvalue weighted by Gasteiger charge is 2.21. The molecule has 1 aliphatic rings. The van der Waals surface area contributed by atoms with E-state index in [9.17, 15) is 0 Å². The highest BCUT2D eigenvalue weighted by molar-refractivity contribution is 5.24. The molecule has 1 unspecified atom stereocenters. The molecule has 0 amide bonds. The van der Waals surface area contributed by atoms with Crippen LogP contribution >= 0.6 is 0 Å². The first-order valence-electron chi connectivity index (χ1n) is 8.52. The lowest BCUT2D eigenvalue weighted by atomic mass is 10.1. The number of hydrogen-bond donors (Lipinski definition) is 1. The van der Waals surface area contributed by atoms with Gasteiger partial charge in [-0.2, -0.15) is 5.10 Å². The third kappa shape index (κ3) is 4.21. The average molecular weight is 313 g/mol. The summed E-state index contributed by atoms with van der Waals surface area (Å²) in [7, 11) is 0. The van der Waals surface area contributed by atoms with E-state index in [-0.39, 0.29) is 0 Å². The van der Waals surface area contributed by atoms with Crippen LogP contribution in [0.25, 0.3) is 0 Å². The Labute approximate surface area is 138 Å². The molecule has 2 heterocycles. The van der Waals surface area contributed by atoms with Crippen molar-refractivity contribution in [2.45, 2.75) is 52.8 Å². The summed E-state index contributed by atoms with van der Waals surface area (Å²) in [5.74, 6) is 0. The van der Waals surface area contributed by atoms with Crippen LogP contribution < -0.4 is 0 Å². The third-order valence-corrected chi connectivity index (χ3v) is 4.64. The van der Waals surface area contributed by atoms with Crippen LogP contribution in [-0.4, -0.2) is 34.4 Å². The van der Waals surface area contributed by atoms with Gasteiger partial charge >= 0.3 is 0 Å². The molecule has 4 nitrogen and oxygen atoms in total. The summed E-state index contributed by atoms with van der Waals surface area (Å²) in [6, 6.07) is 8.78. The summed E-state index contributed by atoms with van der Waals surface area (Å²) in [5.41, 5.74) is 6.26. The van der Waals surface area contributed by atoms with E-state index in [1.54, 1.807) is 0 Å². The fraction of sp³-hybridized carbons (Fsp3) is 0.526. The number of benzene rings is 1. The topological polar surface area (TPSA) is 41.2 Å². The number of H-pyrrole nitrogens is 1. The van der Waals surface area contributed by atoms with Gasteiger partial charge in [-0.05, 0) is 39.2 Å². The fourth-order valence-electron chi connectivity index (χ4n) is 3.36. The fourth-order valence-corrected chi connectivity index (χ4v) is 3.36. The largest absolute Gasteiger partial charge is 0.377 e. The van der Waals surface area contributed by atoms with Gasteiger partial charge in [0.15, 0.2) is 0 Å². The lowest BCUT2D eigenvalue weighted by Gasteiger charge is -2.25. The van der Waals surface area contributed by atoms with E-state index in [0.29, 0.717) is 6.10 Å². The first kappa shape index (κ1) is 16.2. The van der Waals surface area contributed by atoms with E-state index in [1.807, 2.05) is 0 Å². The second kappa shape index (κ2) is 7.28. The molecule has 124 valence electrons. The SMILES string of the molecule is Cc1cccc(CN(Cc2c(C)n[nH]c2C)CC2CCCO2)c1. The van der Waals surface area contributed by atoms with Crippen LogP contribution in [0.5, 0.6) is 0 Å². The number of aryl methyl sites for hydroxylation is 3. The van der Waals surface area contributed by atoms with Crippen LogP contribution in [0.4, 0.5) is 0 Å². The van der Waals surface area contributed by atoms with Gasteiger partial charge in [-0.25, -0.2) is 0 Å². The van der Waals surface area contributed by atoms with Crippen LogP contribution in [0, 0.1) is 20.8 Å². The Bertz CT molecular complexity index is 624. The first-order chi connectivity index (χ1) is 11.1. The molecular formula is C19H27N3O. The molecule has 1 atom stereocenters. The predicted molar refractivity (Wildman–Crippen MR) is 92.3 cm³/mol. The molecule has 2 aromatic rings. The maximum atomic E-state index is 5.86. The van der Waals surface area contributed by atoms with Gasteiger partial charge in [0.05, 0.1) is 11.8 Å². The Hall–Kier alpha value is -1.65. The molecule has 1 saturated heterocycles. The summed E-state index contributed by atoms with van der Waals surface area (Å²) in [6.45, 7) is 10.1. The molecule has 3 rings (SSSR count). The summed E-state index contributed by atoms with van der Waals surface area (Å²) in [6.07, 6.45) is 2.73. The van der Waals surface area contributed by atoms with Gasteiger partial charge in [0.1, 0.15) is 0 Å². The van der Waals surface area contributed by atoms with E-state index in [1.165, 1.54) is 35.2 Å². The Kier molecular flexibility index (Phi) is 5.13. The zero-order chi connectivity index (χ0) is 16.2. The van der Waals surface area contributed by atoms with Gasteiger partial charge in [-0.15, -0.1) is 0 Å².